The van der Waals surface area contributed by atoms with E-state index in [-0.39, 0.29) is 0 Å². The van der Waals surface area contributed by atoms with Gasteiger partial charge in [0.25, 0.3) is 0 Å². The minimum atomic E-state index is -1.20. The van der Waals surface area contributed by atoms with Gasteiger partial charge in [-0.2, -0.15) is 0 Å². The van der Waals surface area contributed by atoms with Crippen LogP contribution in [0.4, 0.5) is 0 Å². The lowest BCUT2D eigenvalue weighted by atomic mass is 10.0. The zero-order valence-corrected chi connectivity index (χ0v) is 12.1. The first kappa shape index (κ1) is 12.1. The van der Waals surface area contributed by atoms with E-state index >= 15 is 0 Å². The Bertz CT molecular complexity index is 507. The highest BCUT2D eigenvalue weighted by Gasteiger charge is 2.18. The van der Waals surface area contributed by atoms with Gasteiger partial charge in [0, 0.05) is 0 Å². The zero-order chi connectivity index (χ0) is 12.5. The molecule has 0 saturated carbocycles. The lowest BCUT2D eigenvalue weighted by Gasteiger charge is -2.20. The first-order valence-electron chi connectivity index (χ1n) is 6.15. The molecule has 0 fully saturated rings. The van der Waals surface area contributed by atoms with Crippen LogP contribution in [0.2, 0.25) is 19.6 Å². The maximum Gasteiger partial charge on any atom is 0.0779 e. The normalized spacial score (nSPS) is 11.5. The molecule has 0 bridgehead atoms. The fourth-order valence-electron chi connectivity index (χ4n) is 2.32. The average molecular weight is 240 g/mol. The molecular formula is C16H20Si. The van der Waals surface area contributed by atoms with Crippen LogP contribution in [0.3, 0.4) is 0 Å². The number of benzene rings is 2. The van der Waals surface area contributed by atoms with Gasteiger partial charge in [-0.25, -0.2) is 0 Å². The van der Waals surface area contributed by atoms with E-state index in [2.05, 4.69) is 75.1 Å². The lowest BCUT2D eigenvalue weighted by Crippen LogP contribution is -2.39. The summed E-state index contributed by atoms with van der Waals surface area (Å²) in [5.74, 6) is 0. The maximum atomic E-state index is 2.40. The highest BCUT2D eigenvalue weighted by molar-refractivity contribution is 6.89. The van der Waals surface area contributed by atoms with Crippen LogP contribution in [-0.4, -0.2) is 8.07 Å². The van der Waals surface area contributed by atoms with Crippen molar-refractivity contribution in [3.63, 3.8) is 0 Å². The standard InChI is InChI=1S/C16H20Si/c1-13-12-15(14-8-6-5-7-9-14)10-11-16(13)17(2,3)4/h5-12H,1-4H3. The van der Waals surface area contributed by atoms with Gasteiger partial charge < -0.3 is 0 Å². The Morgan fingerprint density at radius 3 is 1.94 bits per heavy atom. The average Bonchev–Trinajstić information content (AvgIpc) is 2.28. The highest BCUT2D eigenvalue weighted by Crippen LogP contribution is 2.20. The minimum absolute atomic E-state index is 1.20. The van der Waals surface area contributed by atoms with Crippen molar-refractivity contribution in [2.45, 2.75) is 26.6 Å². The Labute approximate surface area is 105 Å². The van der Waals surface area contributed by atoms with E-state index in [0.29, 0.717) is 0 Å². The van der Waals surface area contributed by atoms with E-state index in [1.165, 1.54) is 16.7 Å². The summed E-state index contributed by atoms with van der Waals surface area (Å²) in [6.07, 6.45) is 0. The van der Waals surface area contributed by atoms with Gasteiger partial charge >= 0.3 is 0 Å². The molecule has 0 aliphatic carbocycles. The van der Waals surface area contributed by atoms with Crippen molar-refractivity contribution in [1.82, 2.24) is 0 Å². The van der Waals surface area contributed by atoms with Gasteiger partial charge in [-0.05, 0) is 18.1 Å². The van der Waals surface area contributed by atoms with Crippen molar-refractivity contribution >= 4 is 13.3 Å². The SMILES string of the molecule is Cc1cc(-c2ccccc2)ccc1[Si](C)(C)C. The molecule has 0 unspecified atom stereocenters. The molecule has 0 radical (unpaired) electrons. The first-order valence-corrected chi connectivity index (χ1v) is 9.65. The molecule has 0 spiro atoms. The van der Waals surface area contributed by atoms with E-state index in [1.807, 2.05) is 0 Å². The maximum absolute atomic E-state index is 2.40. The summed E-state index contributed by atoms with van der Waals surface area (Å²) >= 11 is 0. The van der Waals surface area contributed by atoms with Gasteiger partial charge in [-0.1, -0.05) is 78.9 Å². The smallest absolute Gasteiger partial charge is 0.0656 e. The van der Waals surface area contributed by atoms with E-state index in [4.69, 9.17) is 0 Å². The first-order chi connectivity index (χ1) is 7.98. The molecule has 0 N–H and O–H groups in total. The molecule has 0 aromatic heterocycles. The van der Waals surface area contributed by atoms with Crippen LogP contribution < -0.4 is 5.19 Å². The third-order valence-electron chi connectivity index (χ3n) is 3.14. The van der Waals surface area contributed by atoms with E-state index in [9.17, 15) is 0 Å². The monoisotopic (exact) mass is 240 g/mol. The summed E-state index contributed by atoms with van der Waals surface area (Å²) in [6.45, 7) is 9.44. The van der Waals surface area contributed by atoms with Crippen LogP contribution in [0.15, 0.2) is 48.5 Å². The molecule has 17 heavy (non-hydrogen) atoms. The predicted molar refractivity (Wildman–Crippen MR) is 79.6 cm³/mol. The molecule has 0 amide bonds. The third-order valence-corrected chi connectivity index (χ3v) is 5.32. The predicted octanol–water partition coefficient (Wildman–Crippen LogP) is 4.21. The summed E-state index contributed by atoms with van der Waals surface area (Å²) in [4.78, 5) is 0. The van der Waals surface area contributed by atoms with Crippen LogP contribution in [0.5, 0.6) is 0 Å². The number of rotatable bonds is 2. The zero-order valence-electron chi connectivity index (χ0n) is 11.1. The van der Waals surface area contributed by atoms with Gasteiger partial charge in [-0.15, -0.1) is 0 Å². The van der Waals surface area contributed by atoms with Gasteiger partial charge in [0.15, 0.2) is 0 Å². The molecule has 0 aliphatic heterocycles. The Hall–Kier alpha value is -1.34. The molecule has 1 heteroatoms. The molecule has 0 aliphatic rings. The van der Waals surface area contributed by atoms with Crippen molar-refractivity contribution in [3.05, 3.63) is 54.1 Å². The summed E-state index contributed by atoms with van der Waals surface area (Å²) in [5, 5.41) is 1.57. The summed E-state index contributed by atoms with van der Waals surface area (Å²) < 4.78 is 0. The lowest BCUT2D eigenvalue weighted by molar-refractivity contribution is 1.48. The second kappa shape index (κ2) is 4.50. The van der Waals surface area contributed by atoms with Gasteiger partial charge in [-0.3, -0.25) is 0 Å². The Kier molecular flexibility index (Phi) is 3.21. The summed E-state index contributed by atoms with van der Waals surface area (Å²) in [6, 6.07) is 17.5. The summed E-state index contributed by atoms with van der Waals surface area (Å²) in [7, 11) is -1.20. The Morgan fingerprint density at radius 1 is 0.765 bits per heavy atom. The molecular weight excluding hydrogens is 220 g/mol. The van der Waals surface area contributed by atoms with E-state index in [0.717, 1.165) is 0 Å². The molecule has 0 atom stereocenters. The topological polar surface area (TPSA) is 0 Å². The van der Waals surface area contributed by atoms with Crippen molar-refractivity contribution < 1.29 is 0 Å². The van der Waals surface area contributed by atoms with Crippen LogP contribution in [0.1, 0.15) is 5.56 Å². The molecule has 88 valence electrons. The van der Waals surface area contributed by atoms with E-state index in [1.54, 1.807) is 5.19 Å². The Balaban J connectivity index is 2.45. The van der Waals surface area contributed by atoms with Gasteiger partial charge in [0.2, 0.25) is 0 Å². The largest absolute Gasteiger partial charge is 0.0779 e. The number of hydrogen-bond acceptors (Lipinski definition) is 0. The number of aryl methyl sites for hydroxylation is 1. The minimum Gasteiger partial charge on any atom is -0.0656 e. The van der Waals surface area contributed by atoms with Crippen molar-refractivity contribution in [2.24, 2.45) is 0 Å². The van der Waals surface area contributed by atoms with Gasteiger partial charge in [0.05, 0.1) is 8.07 Å². The molecule has 2 aromatic carbocycles. The molecule has 2 rings (SSSR count). The van der Waals surface area contributed by atoms with E-state index < -0.39 is 8.07 Å². The molecule has 0 saturated heterocycles. The van der Waals surface area contributed by atoms with Gasteiger partial charge in [0.1, 0.15) is 0 Å². The third kappa shape index (κ3) is 2.67. The van der Waals surface area contributed by atoms with Crippen molar-refractivity contribution in [3.8, 4) is 11.1 Å². The number of hydrogen-bond donors (Lipinski definition) is 0. The fraction of sp³-hybridized carbons (Fsp3) is 0.250. The molecule has 0 heterocycles. The van der Waals surface area contributed by atoms with Crippen molar-refractivity contribution in [2.75, 3.05) is 0 Å². The second-order valence-corrected chi connectivity index (χ2v) is 10.7. The summed E-state index contributed by atoms with van der Waals surface area (Å²) in [5.41, 5.74) is 4.06. The fourth-order valence-corrected chi connectivity index (χ4v) is 4.15. The second-order valence-electron chi connectivity index (χ2n) is 5.65. The Morgan fingerprint density at radius 2 is 1.41 bits per heavy atom. The molecule has 0 nitrogen and oxygen atoms in total. The van der Waals surface area contributed by atoms with Crippen LogP contribution in [-0.2, 0) is 0 Å². The van der Waals surface area contributed by atoms with Crippen LogP contribution in [0.25, 0.3) is 11.1 Å². The van der Waals surface area contributed by atoms with Crippen LogP contribution in [0, 0.1) is 6.92 Å². The molecule has 2 aromatic rings. The quantitative estimate of drug-likeness (QED) is 0.690. The van der Waals surface area contributed by atoms with Crippen molar-refractivity contribution in [1.29, 1.82) is 0 Å². The highest BCUT2D eigenvalue weighted by atomic mass is 28.3. The van der Waals surface area contributed by atoms with Crippen LogP contribution >= 0.6 is 0 Å².